The standard InChI is InChI=1S/C21H13ClF5N4P/c22-18-17(16-12(23)7-11(32)8-13(16)24)20(28-9-21(25,26)27)31-19(30-18)15-6-5-10-3-1-2-4-14(10)29-15/h1-8H,9,32H2,(H,28,30,31). The molecule has 0 saturated carbocycles. The largest absolute Gasteiger partial charge is 0.405 e. The van der Waals surface area contributed by atoms with Crippen LogP contribution >= 0.6 is 20.8 Å². The molecule has 0 amide bonds. The smallest absolute Gasteiger partial charge is 0.360 e. The van der Waals surface area contributed by atoms with E-state index < -0.39 is 46.5 Å². The lowest BCUT2D eigenvalue weighted by atomic mass is 10.1. The fourth-order valence-corrected chi connectivity index (χ4v) is 3.66. The van der Waals surface area contributed by atoms with Crippen molar-refractivity contribution in [1.82, 2.24) is 15.0 Å². The molecular formula is C21H13ClF5N4P. The van der Waals surface area contributed by atoms with E-state index in [1.165, 1.54) is 0 Å². The maximum absolute atomic E-state index is 14.6. The fraction of sp³-hybridized carbons (Fsp3) is 0.0952. The Morgan fingerprint density at radius 1 is 0.906 bits per heavy atom. The maximum atomic E-state index is 14.6. The van der Waals surface area contributed by atoms with Crippen LogP contribution in [0.4, 0.5) is 27.8 Å². The van der Waals surface area contributed by atoms with Crippen molar-refractivity contribution in [1.29, 1.82) is 0 Å². The van der Waals surface area contributed by atoms with Gasteiger partial charge in [-0.25, -0.2) is 23.7 Å². The maximum Gasteiger partial charge on any atom is 0.405 e. The highest BCUT2D eigenvalue weighted by Gasteiger charge is 2.29. The van der Waals surface area contributed by atoms with E-state index in [0.717, 1.165) is 17.5 Å². The Bertz CT molecular complexity index is 1310. The molecule has 0 bridgehead atoms. The van der Waals surface area contributed by atoms with Crippen LogP contribution in [0.25, 0.3) is 33.5 Å². The Morgan fingerprint density at radius 2 is 1.59 bits per heavy atom. The third-order valence-corrected chi connectivity index (χ3v) is 5.07. The molecule has 2 aromatic heterocycles. The van der Waals surface area contributed by atoms with Crippen LogP contribution in [-0.4, -0.2) is 27.7 Å². The number of para-hydroxylation sites is 1. The molecule has 0 spiro atoms. The summed E-state index contributed by atoms with van der Waals surface area (Å²) >= 11 is 6.23. The number of hydrogen-bond acceptors (Lipinski definition) is 4. The average Bonchev–Trinajstić information content (AvgIpc) is 2.72. The SMILES string of the molecule is Fc1cc(P)cc(F)c1-c1c(Cl)nc(-c2ccc3ccccc3n2)nc1NCC(F)(F)F. The Balaban J connectivity index is 1.90. The number of rotatable bonds is 4. The quantitative estimate of drug-likeness (QED) is 0.228. The topological polar surface area (TPSA) is 50.7 Å². The van der Waals surface area contributed by atoms with Crippen LogP contribution in [0.1, 0.15) is 0 Å². The van der Waals surface area contributed by atoms with Crippen molar-refractivity contribution in [3.05, 3.63) is 65.3 Å². The van der Waals surface area contributed by atoms with Crippen LogP contribution in [0.5, 0.6) is 0 Å². The molecule has 4 rings (SSSR count). The molecule has 0 radical (unpaired) electrons. The van der Waals surface area contributed by atoms with Gasteiger partial charge in [0.05, 0.1) is 16.6 Å². The lowest BCUT2D eigenvalue weighted by Crippen LogP contribution is -2.22. The summed E-state index contributed by atoms with van der Waals surface area (Å²) in [7, 11) is 2.14. The number of nitrogens with zero attached hydrogens (tertiary/aromatic N) is 3. The zero-order valence-electron chi connectivity index (χ0n) is 16.0. The minimum atomic E-state index is -4.61. The van der Waals surface area contributed by atoms with Gasteiger partial charge in [-0.2, -0.15) is 13.2 Å². The summed E-state index contributed by atoms with van der Waals surface area (Å²) in [5.74, 6) is -2.61. The molecule has 164 valence electrons. The summed E-state index contributed by atoms with van der Waals surface area (Å²) < 4.78 is 67.8. The van der Waals surface area contributed by atoms with Crippen molar-refractivity contribution in [2.45, 2.75) is 6.18 Å². The number of hydrogen-bond donors (Lipinski definition) is 1. The number of fused-ring (bicyclic) bond motifs is 1. The Kier molecular flexibility index (Phi) is 5.97. The molecule has 1 unspecified atom stereocenters. The second-order valence-corrected chi connectivity index (χ2v) is 7.80. The van der Waals surface area contributed by atoms with E-state index in [-0.39, 0.29) is 16.8 Å². The van der Waals surface area contributed by atoms with Gasteiger partial charge in [-0.1, -0.05) is 35.9 Å². The van der Waals surface area contributed by atoms with E-state index >= 15 is 0 Å². The highest BCUT2D eigenvalue weighted by atomic mass is 35.5. The van der Waals surface area contributed by atoms with Gasteiger partial charge in [0.15, 0.2) is 5.82 Å². The molecule has 0 aliphatic carbocycles. The Labute approximate surface area is 186 Å². The van der Waals surface area contributed by atoms with E-state index in [1.807, 2.05) is 12.1 Å². The van der Waals surface area contributed by atoms with Gasteiger partial charge in [0, 0.05) is 5.39 Å². The molecule has 2 heterocycles. The molecule has 0 aliphatic heterocycles. The van der Waals surface area contributed by atoms with Gasteiger partial charge in [-0.3, -0.25) is 0 Å². The lowest BCUT2D eigenvalue weighted by molar-refractivity contribution is -0.115. The third kappa shape index (κ3) is 4.64. The molecule has 1 N–H and O–H groups in total. The van der Waals surface area contributed by atoms with Crippen molar-refractivity contribution in [2.24, 2.45) is 0 Å². The monoisotopic (exact) mass is 482 g/mol. The van der Waals surface area contributed by atoms with Crippen molar-refractivity contribution in [3.63, 3.8) is 0 Å². The zero-order chi connectivity index (χ0) is 23.0. The number of anilines is 1. The average molecular weight is 483 g/mol. The molecule has 2 aromatic carbocycles. The predicted molar refractivity (Wildman–Crippen MR) is 117 cm³/mol. The normalized spacial score (nSPS) is 11.7. The second kappa shape index (κ2) is 8.56. The van der Waals surface area contributed by atoms with Crippen molar-refractivity contribution >= 4 is 42.9 Å². The van der Waals surface area contributed by atoms with Gasteiger partial charge in [0.25, 0.3) is 0 Å². The van der Waals surface area contributed by atoms with Crippen molar-refractivity contribution < 1.29 is 22.0 Å². The molecule has 0 saturated heterocycles. The number of benzene rings is 2. The summed E-state index contributed by atoms with van der Waals surface area (Å²) in [6.45, 7) is -1.50. The van der Waals surface area contributed by atoms with E-state index in [0.29, 0.717) is 5.52 Å². The van der Waals surface area contributed by atoms with E-state index in [1.54, 1.807) is 24.3 Å². The number of aromatic nitrogens is 3. The van der Waals surface area contributed by atoms with Crippen LogP contribution in [0.3, 0.4) is 0 Å². The van der Waals surface area contributed by atoms with Crippen LogP contribution in [0.2, 0.25) is 5.15 Å². The zero-order valence-corrected chi connectivity index (χ0v) is 17.9. The second-order valence-electron chi connectivity index (χ2n) is 6.78. The Hall–Kier alpha value is -2.90. The molecule has 11 heteroatoms. The Morgan fingerprint density at radius 3 is 2.28 bits per heavy atom. The fourth-order valence-electron chi connectivity index (χ4n) is 3.10. The summed E-state index contributed by atoms with van der Waals surface area (Å²) in [6, 6.07) is 12.5. The van der Waals surface area contributed by atoms with Crippen LogP contribution in [0.15, 0.2) is 48.5 Å². The van der Waals surface area contributed by atoms with Crippen LogP contribution in [0, 0.1) is 11.6 Å². The first kappa shape index (κ1) is 22.3. The predicted octanol–water partition coefficient (Wildman–Crippen LogP) is 5.77. The summed E-state index contributed by atoms with van der Waals surface area (Å²) in [6.07, 6.45) is -4.61. The molecule has 0 aliphatic rings. The number of alkyl halides is 3. The van der Waals surface area contributed by atoms with Gasteiger partial charge in [-0.05, 0) is 29.6 Å². The van der Waals surface area contributed by atoms with Crippen molar-refractivity contribution in [3.8, 4) is 22.6 Å². The molecule has 1 atom stereocenters. The first-order valence-electron chi connectivity index (χ1n) is 9.11. The molecule has 4 nitrogen and oxygen atoms in total. The van der Waals surface area contributed by atoms with Crippen LogP contribution in [-0.2, 0) is 0 Å². The van der Waals surface area contributed by atoms with E-state index in [4.69, 9.17) is 11.6 Å². The minimum Gasteiger partial charge on any atom is -0.360 e. The van der Waals surface area contributed by atoms with E-state index in [9.17, 15) is 22.0 Å². The molecule has 0 fully saturated rings. The first-order valence-corrected chi connectivity index (χ1v) is 10.1. The van der Waals surface area contributed by atoms with Crippen LogP contribution < -0.4 is 10.6 Å². The number of nitrogens with one attached hydrogen (secondary N) is 1. The van der Waals surface area contributed by atoms with Crippen molar-refractivity contribution in [2.75, 3.05) is 11.9 Å². The van der Waals surface area contributed by atoms with Gasteiger partial charge in [0.1, 0.15) is 34.8 Å². The van der Waals surface area contributed by atoms with Gasteiger partial charge < -0.3 is 5.32 Å². The van der Waals surface area contributed by atoms with Gasteiger partial charge >= 0.3 is 6.18 Å². The minimum absolute atomic E-state index is 0.0994. The molecule has 4 aromatic rings. The number of halogens is 6. The highest BCUT2D eigenvalue weighted by Crippen LogP contribution is 2.38. The summed E-state index contributed by atoms with van der Waals surface area (Å²) in [5, 5.41) is 2.70. The summed E-state index contributed by atoms with van der Waals surface area (Å²) in [5.41, 5.74) is -0.218. The molecular weight excluding hydrogens is 470 g/mol. The lowest BCUT2D eigenvalue weighted by Gasteiger charge is -2.16. The van der Waals surface area contributed by atoms with Gasteiger partial charge in [-0.15, -0.1) is 9.24 Å². The van der Waals surface area contributed by atoms with Gasteiger partial charge in [0.2, 0.25) is 0 Å². The molecule has 32 heavy (non-hydrogen) atoms. The first-order chi connectivity index (χ1) is 15.1. The third-order valence-electron chi connectivity index (χ3n) is 4.46. The van der Waals surface area contributed by atoms with E-state index in [2.05, 4.69) is 29.5 Å². The number of pyridine rings is 1. The highest BCUT2D eigenvalue weighted by molar-refractivity contribution is 7.27. The summed E-state index contributed by atoms with van der Waals surface area (Å²) in [4.78, 5) is 12.6.